The van der Waals surface area contributed by atoms with Gasteiger partial charge in [-0.3, -0.25) is 9.38 Å². The van der Waals surface area contributed by atoms with Gasteiger partial charge in [-0.05, 0) is 24.3 Å². The van der Waals surface area contributed by atoms with E-state index in [1.54, 1.807) is 29.1 Å². The summed E-state index contributed by atoms with van der Waals surface area (Å²) in [6.07, 6.45) is 5.17. The molecule has 0 aliphatic heterocycles. The van der Waals surface area contributed by atoms with Gasteiger partial charge >= 0.3 is 0 Å². The number of halogens is 1. The van der Waals surface area contributed by atoms with E-state index in [0.29, 0.717) is 10.7 Å². The first-order valence-corrected chi connectivity index (χ1v) is 5.85. The lowest BCUT2D eigenvalue weighted by Gasteiger charge is -2.01. The molecule has 0 aromatic carbocycles. The highest BCUT2D eigenvalue weighted by Crippen LogP contribution is 2.24. The Bertz CT molecular complexity index is 694. The number of rotatable bonds is 2. The number of fused-ring (bicyclic) bond motifs is 1. The van der Waals surface area contributed by atoms with Crippen LogP contribution in [-0.4, -0.2) is 19.5 Å². The number of nitrogens with zero attached hydrogens (tertiary/aromatic N) is 3. The second kappa shape index (κ2) is 4.40. The lowest BCUT2D eigenvalue weighted by atomic mass is 10.2. The number of aliphatic hydroxyl groups is 1. The van der Waals surface area contributed by atoms with Gasteiger partial charge in [0.1, 0.15) is 5.65 Å². The van der Waals surface area contributed by atoms with E-state index in [-0.39, 0.29) is 6.61 Å². The lowest BCUT2D eigenvalue weighted by Crippen LogP contribution is -1.94. The first-order chi connectivity index (χ1) is 8.79. The molecule has 3 heterocycles. The van der Waals surface area contributed by atoms with E-state index in [1.165, 1.54) is 0 Å². The van der Waals surface area contributed by atoms with Crippen LogP contribution in [-0.2, 0) is 6.61 Å². The topological polar surface area (TPSA) is 50.4 Å². The van der Waals surface area contributed by atoms with Crippen molar-refractivity contribution in [2.75, 3.05) is 0 Å². The quantitative estimate of drug-likeness (QED) is 0.769. The number of imidazole rings is 1. The largest absolute Gasteiger partial charge is 0.390 e. The van der Waals surface area contributed by atoms with Gasteiger partial charge in [0.2, 0.25) is 0 Å². The van der Waals surface area contributed by atoms with Crippen LogP contribution in [0, 0.1) is 0 Å². The number of hydrogen-bond acceptors (Lipinski definition) is 3. The van der Waals surface area contributed by atoms with E-state index in [1.807, 2.05) is 18.2 Å². The molecule has 3 rings (SSSR count). The van der Waals surface area contributed by atoms with E-state index >= 15 is 0 Å². The molecule has 0 fully saturated rings. The first kappa shape index (κ1) is 11.2. The van der Waals surface area contributed by atoms with Crippen molar-refractivity contribution in [3.63, 3.8) is 0 Å². The molecule has 1 N–H and O–H groups in total. The van der Waals surface area contributed by atoms with Crippen molar-refractivity contribution in [2.45, 2.75) is 6.61 Å². The summed E-state index contributed by atoms with van der Waals surface area (Å²) >= 11 is 5.96. The Hall–Kier alpha value is -1.91. The summed E-state index contributed by atoms with van der Waals surface area (Å²) in [5.74, 6) is 0. The Labute approximate surface area is 109 Å². The molecule has 0 amide bonds. The minimum Gasteiger partial charge on any atom is -0.390 e. The fraction of sp³-hybridized carbons (Fsp3) is 0.0769. The van der Waals surface area contributed by atoms with Crippen LogP contribution < -0.4 is 0 Å². The van der Waals surface area contributed by atoms with Gasteiger partial charge in [-0.2, -0.15) is 0 Å². The number of aliphatic hydroxyl groups excluding tert-OH is 1. The lowest BCUT2D eigenvalue weighted by molar-refractivity contribution is 0.276. The summed E-state index contributed by atoms with van der Waals surface area (Å²) in [6, 6.07) is 7.35. The zero-order chi connectivity index (χ0) is 12.5. The number of pyridine rings is 2. The molecule has 4 nitrogen and oxygen atoms in total. The zero-order valence-corrected chi connectivity index (χ0v) is 10.2. The van der Waals surface area contributed by atoms with Gasteiger partial charge in [-0.15, -0.1) is 0 Å². The number of aromatic nitrogens is 3. The normalized spacial score (nSPS) is 11.0. The van der Waals surface area contributed by atoms with Crippen molar-refractivity contribution in [1.29, 1.82) is 0 Å². The van der Waals surface area contributed by atoms with Crippen molar-refractivity contribution >= 4 is 17.2 Å². The summed E-state index contributed by atoms with van der Waals surface area (Å²) in [4.78, 5) is 8.57. The Morgan fingerprint density at radius 1 is 1.28 bits per heavy atom. The van der Waals surface area contributed by atoms with Gasteiger partial charge in [-0.1, -0.05) is 11.6 Å². The molecule has 0 saturated carbocycles. The average Bonchev–Trinajstić information content (AvgIpc) is 2.77. The maximum atomic E-state index is 9.53. The van der Waals surface area contributed by atoms with E-state index in [0.717, 1.165) is 16.9 Å². The third-order valence-corrected chi connectivity index (χ3v) is 2.99. The molecule has 0 bridgehead atoms. The van der Waals surface area contributed by atoms with E-state index < -0.39 is 0 Å². The molecule has 5 heteroatoms. The van der Waals surface area contributed by atoms with Crippen LogP contribution in [0.4, 0.5) is 0 Å². The van der Waals surface area contributed by atoms with Crippen LogP contribution in [0.1, 0.15) is 5.69 Å². The third kappa shape index (κ3) is 1.75. The molecular weight excluding hydrogens is 250 g/mol. The molecule has 0 unspecified atom stereocenters. The minimum atomic E-state index is -0.105. The van der Waals surface area contributed by atoms with Gasteiger partial charge in [0.15, 0.2) is 0 Å². The summed E-state index contributed by atoms with van der Waals surface area (Å²) in [7, 11) is 0. The predicted molar refractivity (Wildman–Crippen MR) is 69.4 cm³/mol. The fourth-order valence-electron chi connectivity index (χ4n) is 1.95. The highest BCUT2D eigenvalue weighted by molar-refractivity contribution is 6.30. The van der Waals surface area contributed by atoms with Crippen molar-refractivity contribution in [3.05, 3.63) is 53.6 Å². The fourth-order valence-corrected chi connectivity index (χ4v) is 2.11. The predicted octanol–water partition coefficient (Wildman–Crippen LogP) is 2.54. The third-order valence-electron chi connectivity index (χ3n) is 2.77. The highest BCUT2D eigenvalue weighted by atomic mass is 35.5. The summed E-state index contributed by atoms with van der Waals surface area (Å²) in [6.45, 7) is -0.105. The molecule has 0 radical (unpaired) electrons. The summed E-state index contributed by atoms with van der Waals surface area (Å²) in [5, 5.41) is 10.1. The van der Waals surface area contributed by atoms with E-state index in [2.05, 4.69) is 9.97 Å². The molecule has 0 aliphatic rings. The molecule has 0 spiro atoms. The molecule has 0 atom stereocenters. The van der Waals surface area contributed by atoms with Crippen molar-refractivity contribution in [1.82, 2.24) is 14.4 Å². The molecule has 0 saturated heterocycles. The SMILES string of the molecule is OCc1c(-c2cccnc2)nc2ccc(Cl)cn12. The Morgan fingerprint density at radius 2 is 2.17 bits per heavy atom. The van der Waals surface area contributed by atoms with Gasteiger partial charge in [-0.25, -0.2) is 4.98 Å². The Kier molecular flexibility index (Phi) is 2.74. The molecule has 3 aromatic rings. The van der Waals surface area contributed by atoms with E-state index in [4.69, 9.17) is 11.6 Å². The summed E-state index contributed by atoms with van der Waals surface area (Å²) < 4.78 is 1.80. The molecular formula is C13H10ClN3O. The molecule has 18 heavy (non-hydrogen) atoms. The molecule has 3 aromatic heterocycles. The molecule has 90 valence electrons. The minimum absolute atomic E-state index is 0.105. The van der Waals surface area contributed by atoms with E-state index in [9.17, 15) is 5.11 Å². The van der Waals surface area contributed by atoms with Gasteiger partial charge < -0.3 is 5.11 Å². The van der Waals surface area contributed by atoms with Crippen LogP contribution >= 0.6 is 11.6 Å². The Morgan fingerprint density at radius 3 is 2.89 bits per heavy atom. The zero-order valence-electron chi connectivity index (χ0n) is 9.42. The van der Waals surface area contributed by atoms with Gasteiger partial charge in [0, 0.05) is 24.2 Å². The molecule has 0 aliphatic carbocycles. The van der Waals surface area contributed by atoms with Crippen molar-refractivity contribution in [2.24, 2.45) is 0 Å². The van der Waals surface area contributed by atoms with Crippen molar-refractivity contribution in [3.8, 4) is 11.3 Å². The van der Waals surface area contributed by atoms with Crippen LogP contribution in [0.15, 0.2) is 42.9 Å². The monoisotopic (exact) mass is 259 g/mol. The average molecular weight is 260 g/mol. The highest BCUT2D eigenvalue weighted by Gasteiger charge is 2.13. The second-order valence-corrected chi connectivity index (χ2v) is 4.32. The van der Waals surface area contributed by atoms with Gasteiger partial charge in [0.25, 0.3) is 0 Å². The first-order valence-electron chi connectivity index (χ1n) is 5.47. The smallest absolute Gasteiger partial charge is 0.137 e. The Balaban J connectivity index is 2.30. The summed E-state index contributed by atoms with van der Waals surface area (Å²) in [5.41, 5.74) is 3.07. The van der Waals surface area contributed by atoms with Crippen molar-refractivity contribution < 1.29 is 5.11 Å². The maximum Gasteiger partial charge on any atom is 0.137 e. The van der Waals surface area contributed by atoms with Crippen LogP contribution in [0.2, 0.25) is 5.02 Å². The van der Waals surface area contributed by atoms with Crippen LogP contribution in [0.25, 0.3) is 16.9 Å². The van der Waals surface area contributed by atoms with Crippen LogP contribution in [0.5, 0.6) is 0 Å². The van der Waals surface area contributed by atoms with Crippen LogP contribution in [0.3, 0.4) is 0 Å². The number of hydrogen-bond donors (Lipinski definition) is 1. The maximum absolute atomic E-state index is 9.53. The standard InChI is InChI=1S/C13H10ClN3O/c14-10-3-4-12-16-13(9-2-1-5-15-6-9)11(8-18)17(12)7-10/h1-7,18H,8H2. The van der Waals surface area contributed by atoms with Gasteiger partial charge in [0.05, 0.1) is 23.0 Å². The second-order valence-electron chi connectivity index (χ2n) is 3.88.